The minimum atomic E-state index is -0.130. The second-order valence-electron chi connectivity index (χ2n) is 4.66. The molecule has 0 aliphatic rings. The third-order valence-corrected chi connectivity index (χ3v) is 4.09. The van der Waals surface area contributed by atoms with Crippen LogP contribution in [0.1, 0.15) is 22.8 Å². The van der Waals surface area contributed by atoms with Crippen molar-refractivity contribution < 1.29 is 4.79 Å². The first kappa shape index (κ1) is 16.1. The minimum absolute atomic E-state index is 0.130. The second kappa shape index (κ2) is 7.13. The summed E-state index contributed by atoms with van der Waals surface area (Å²) in [4.78, 5) is 12.5. The summed E-state index contributed by atoms with van der Waals surface area (Å²) in [5.74, 6) is -0.130. The summed E-state index contributed by atoms with van der Waals surface area (Å²) in [5, 5.41) is 6.80. The highest BCUT2D eigenvalue weighted by atomic mass is 127. The van der Waals surface area contributed by atoms with Crippen LogP contribution in [0.4, 0.5) is 11.4 Å². The molecule has 3 nitrogen and oxygen atoms in total. The van der Waals surface area contributed by atoms with Gasteiger partial charge in [-0.15, -0.1) is 0 Å². The van der Waals surface area contributed by atoms with Gasteiger partial charge in [-0.3, -0.25) is 4.79 Å². The van der Waals surface area contributed by atoms with Gasteiger partial charge < -0.3 is 10.6 Å². The molecule has 0 heterocycles. The van der Waals surface area contributed by atoms with E-state index in [0.29, 0.717) is 10.6 Å². The second-order valence-corrected chi connectivity index (χ2v) is 6.26. The molecule has 2 rings (SSSR count). The van der Waals surface area contributed by atoms with Crippen LogP contribution >= 0.6 is 34.2 Å². The van der Waals surface area contributed by atoms with Gasteiger partial charge in [0, 0.05) is 20.8 Å². The maximum absolute atomic E-state index is 12.5. The highest BCUT2D eigenvalue weighted by Gasteiger charge is 2.13. The lowest BCUT2D eigenvalue weighted by molar-refractivity contribution is 0.102. The largest absolute Gasteiger partial charge is 0.385 e. The first-order valence-electron chi connectivity index (χ1n) is 6.62. The zero-order chi connectivity index (χ0) is 15.4. The number of nitrogens with one attached hydrogen (secondary N) is 2. The summed E-state index contributed by atoms with van der Waals surface area (Å²) in [6.45, 7) is 4.74. The molecule has 0 saturated carbocycles. The fourth-order valence-corrected chi connectivity index (χ4v) is 2.98. The molecule has 2 aromatic rings. The summed E-state index contributed by atoms with van der Waals surface area (Å²) in [6.07, 6.45) is 0. The predicted molar refractivity (Wildman–Crippen MR) is 97.5 cm³/mol. The monoisotopic (exact) mass is 414 g/mol. The molecule has 0 atom stereocenters. The van der Waals surface area contributed by atoms with E-state index in [9.17, 15) is 4.79 Å². The lowest BCUT2D eigenvalue weighted by Gasteiger charge is -2.13. The highest BCUT2D eigenvalue weighted by molar-refractivity contribution is 14.1. The first-order valence-corrected chi connectivity index (χ1v) is 8.08. The molecular formula is C16H16ClIN2O. The number of aryl methyl sites for hydroxylation is 1. The van der Waals surface area contributed by atoms with Gasteiger partial charge in [0.05, 0.1) is 11.3 Å². The number of anilines is 2. The summed E-state index contributed by atoms with van der Waals surface area (Å²) in [5.41, 5.74) is 3.29. The quantitative estimate of drug-likeness (QED) is 0.696. The van der Waals surface area contributed by atoms with Crippen molar-refractivity contribution in [1.29, 1.82) is 0 Å². The Bertz CT molecular complexity index is 673. The van der Waals surface area contributed by atoms with Crippen LogP contribution in [-0.2, 0) is 0 Å². The molecule has 1 amide bonds. The number of carbonyl (C=O) groups excluding carboxylic acids is 1. The van der Waals surface area contributed by atoms with E-state index in [4.69, 9.17) is 11.6 Å². The fraction of sp³-hybridized carbons (Fsp3) is 0.188. The van der Waals surface area contributed by atoms with Crippen molar-refractivity contribution in [3.63, 3.8) is 0 Å². The average Bonchev–Trinajstić information content (AvgIpc) is 2.44. The van der Waals surface area contributed by atoms with Crippen LogP contribution in [0, 0.1) is 10.5 Å². The molecule has 110 valence electrons. The maximum Gasteiger partial charge on any atom is 0.257 e. The van der Waals surface area contributed by atoms with Gasteiger partial charge in [0.2, 0.25) is 0 Å². The molecule has 0 aliphatic heterocycles. The summed E-state index contributed by atoms with van der Waals surface area (Å²) in [6, 6.07) is 11.2. The van der Waals surface area contributed by atoms with Crippen molar-refractivity contribution in [1.82, 2.24) is 0 Å². The topological polar surface area (TPSA) is 41.1 Å². The number of amides is 1. The van der Waals surface area contributed by atoms with Gasteiger partial charge >= 0.3 is 0 Å². The van der Waals surface area contributed by atoms with E-state index < -0.39 is 0 Å². The summed E-state index contributed by atoms with van der Waals surface area (Å²) >= 11 is 8.09. The number of halogens is 2. The van der Waals surface area contributed by atoms with Crippen LogP contribution in [0.5, 0.6) is 0 Å². The number of hydrogen-bond donors (Lipinski definition) is 2. The number of carbonyl (C=O) groups is 1. The smallest absolute Gasteiger partial charge is 0.257 e. The molecule has 0 spiro atoms. The molecule has 0 radical (unpaired) electrons. The zero-order valence-electron chi connectivity index (χ0n) is 11.8. The van der Waals surface area contributed by atoms with Crippen LogP contribution in [0.25, 0.3) is 0 Å². The van der Waals surface area contributed by atoms with Crippen molar-refractivity contribution >= 4 is 51.5 Å². The van der Waals surface area contributed by atoms with Gasteiger partial charge in [0.15, 0.2) is 0 Å². The molecule has 2 aromatic carbocycles. The number of rotatable bonds is 4. The van der Waals surface area contributed by atoms with E-state index >= 15 is 0 Å². The highest BCUT2D eigenvalue weighted by Crippen LogP contribution is 2.24. The molecular weight excluding hydrogens is 399 g/mol. The van der Waals surface area contributed by atoms with Crippen molar-refractivity contribution in [3.05, 3.63) is 56.1 Å². The normalized spacial score (nSPS) is 10.3. The Labute approximate surface area is 143 Å². The number of benzene rings is 2. The molecule has 2 N–H and O–H groups in total. The maximum atomic E-state index is 12.5. The standard InChI is InChI=1S/C16H16ClIN2O/c1-3-19-14-6-4-10(2)8-12(14)16(21)20-15-7-5-11(17)9-13(15)18/h4-9,19H,3H2,1-2H3,(H,20,21). The molecule has 5 heteroatoms. The van der Waals surface area contributed by atoms with E-state index in [-0.39, 0.29) is 5.91 Å². The van der Waals surface area contributed by atoms with E-state index in [0.717, 1.165) is 27.1 Å². The van der Waals surface area contributed by atoms with E-state index in [1.165, 1.54) is 0 Å². The van der Waals surface area contributed by atoms with E-state index in [2.05, 4.69) is 33.2 Å². The van der Waals surface area contributed by atoms with Gasteiger partial charge in [-0.1, -0.05) is 23.2 Å². The van der Waals surface area contributed by atoms with Crippen molar-refractivity contribution in [2.24, 2.45) is 0 Å². The number of hydrogen-bond acceptors (Lipinski definition) is 2. The lowest BCUT2D eigenvalue weighted by atomic mass is 10.1. The van der Waals surface area contributed by atoms with Gasteiger partial charge in [-0.05, 0) is 66.8 Å². The molecule has 0 fully saturated rings. The third kappa shape index (κ3) is 4.11. The van der Waals surface area contributed by atoms with E-state index in [1.54, 1.807) is 6.07 Å². The van der Waals surface area contributed by atoms with Crippen LogP contribution < -0.4 is 10.6 Å². The third-order valence-electron chi connectivity index (χ3n) is 2.97. The van der Waals surface area contributed by atoms with Crippen LogP contribution in [0.2, 0.25) is 5.02 Å². The minimum Gasteiger partial charge on any atom is -0.385 e. The Balaban J connectivity index is 2.29. The van der Waals surface area contributed by atoms with Gasteiger partial charge in [-0.25, -0.2) is 0 Å². The lowest BCUT2D eigenvalue weighted by Crippen LogP contribution is -2.15. The Hall–Kier alpha value is -1.27. The van der Waals surface area contributed by atoms with Gasteiger partial charge in [0.1, 0.15) is 0 Å². The van der Waals surface area contributed by atoms with E-state index in [1.807, 2.05) is 44.2 Å². The van der Waals surface area contributed by atoms with Crippen molar-refractivity contribution in [3.8, 4) is 0 Å². The Morgan fingerprint density at radius 2 is 1.90 bits per heavy atom. The molecule has 0 saturated heterocycles. The van der Waals surface area contributed by atoms with Crippen LogP contribution in [0.3, 0.4) is 0 Å². The fourth-order valence-electron chi connectivity index (χ4n) is 1.97. The Kier molecular flexibility index (Phi) is 5.47. The Morgan fingerprint density at radius 1 is 1.19 bits per heavy atom. The zero-order valence-corrected chi connectivity index (χ0v) is 14.7. The molecule has 0 aliphatic carbocycles. The van der Waals surface area contributed by atoms with Gasteiger partial charge in [-0.2, -0.15) is 0 Å². The Morgan fingerprint density at radius 3 is 2.57 bits per heavy atom. The molecule has 21 heavy (non-hydrogen) atoms. The van der Waals surface area contributed by atoms with Crippen molar-refractivity contribution in [2.45, 2.75) is 13.8 Å². The van der Waals surface area contributed by atoms with Crippen LogP contribution in [-0.4, -0.2) is 12.5 Å². The average molecular weight is 415 g/mol. The summed E-state index contributed by atoms with van der Waals surface area (Å²) in [7, 11) is 0. The first-order chi connectivity index (χ1) is 10.0. The predicted octanol–water partition coefficient (Wildman–Crippen LogP) is 4.94. The summed E-state index contributed by atoms with van der Waals surface area (Å²) < 4.78 is 0.908. The van der Waals surface area contributed by atoms with Crippen molar-refractivity contribution in [2.75, 3.05) is 17.2 Å². The molecule has 0 unspecified atom stereocenters. The van der Waals surface area contributed by atoms with Gasteiger partial charge in [0.25, 0.3) is 5.91 Å². The molecule has 0 aromatic heterocycles. The molecule has 0 bridgehead atoms. The SMILES string of the molecule is CCNc1ccc(C)cc1C(=O)Nc1ccc(Cl)cc1I. The van der Waals surface area contributed by atoms with Crippen LogP contribution in [0.15, 0.2) is 36.4 Å².